The molecule has 6 nitrogen and oxygen atoms in total. The van der Waals surface area contributed by atoms with Crippen LogP contribution in [0.4, 0.5) is 0 Å². The number of ether oxygens (including phenoxy) is 1. The van der Waals surface area contributed by atoms with Gasteiger partial charge in [0.25, 0.3) is 0 Å². The number of carbonyl (C=O) groups excluding carboxylic acids is 1. The Hall–Kier alpha value is -3.80. The number of nitrogens with zero attached hydrogens (tertiary/aromatic N) is 1. The highest BCUT2D eigenvalue weighted by atomic mass is 16.5. The van der Waals surface area contributed by atoms with E-state index in [0.717, 1.165) is 16.9 Å². The molecule has 0 fully saturated rings. The third-order valence-corrected chi connectivity index (χ3v) is 4.92. The van der Waals surface area contributed by atoms with Crippen molar-refractivity contribution < 1.29 is 13.9 Å². The zero-order valence-corrected chi connectivity index (χ0v) is 16.6. The van der Waals surface area contributed by atoms with Gasteiger partial charge in [0.15, 0.2) is 5.58 Å². The largest absolute Gasteiger partial charge is 0.491 e. The van der Waals surface area contributed by atoms with E-state index in [0.29, 0.717) is 24.3 Å². The molecule has 3 aromatic carbocycles. The summed E-state index contributed by atoms with van der Waals surface area (Å²) in [7, 11) is 0. The highest BCUT2D eigenvalue weighted by Crippen LogP contribution is 2.29. The van der Waals surface area contributed by atoms with E-state index in [4.69, 9.17) is 9.15 Å². The van der Waals surface area contributed by atoms with Gasteiger partial charge in [0.2, 0.25) is 5.91 Å². The first-order valence-corrected chi connectivity index (χ1v) is 9.80. The summed E-state index contributed by atoms with van der Waals surface area (Å²) in [5.74, 6) is -0.0708. The number of fused-ring (bicyclic) bond motifs is 1. The summed E-state index contributed by atoms with van der Waals surface area (Å²) >= 11 is 0. The summed E-state index contributed by atoms with van der Waals surface area (Å²) in [5, 5.41) is 2.83. The molecule has 1 amide bonds. The Balaban J connectivity index is 1.38. The molecule has 4 rings (SSSR count). The second kappa shape index (κ2) is 8.69. The Labute approximate surface area is 173 Å². The van der Waals surface area contributed by atoms with Gasteiger partial charge in [-0.15, -0.1) is 0 Å². The number of aromatic nitrogens is 1. The standard InChI is InChI=1S/C24H22N2O4/c1-17(26-20-12-6-8-14-22(20)30-24(26)28)23(27)25-15-16-29-21-13-7-5-11-19(21)18-9-3-2-4-10-18/h2-14,17H,15-16H2,1H3,(H,25,27). The van der Waals surface area contributed by atoms with Gasteiger partial charge in [-0.1, -0.05) is 60.7 Å². The molecule has 30 heavy (non-hydrogen) atoms. The zero-order valence-electron chi connectivity index (χ0n) is 16.6. The van der Waals surface area contributed by atoms with Crippen LogP contribution in [0.1, 0.15) is 13.0 Å². The van der Waals surface area contributed by atoms with Crippen molar-refractivity contribution in [1.82, 2.24) is 9.88 Å². The Morgan fingerprint density at radius 3 is 2.53 bits per heavy atom. The summed E-state index contributed by atoms with van der Waals surface area (Å²) in [6.45, 7) is 2.30. The number of amides is 1. The summed E-state index contributed by atoms with van der Waals surface area (Å²) in [5.41, 5.74) is 3.12. The van der Waals surface area contributed by atoms with Crippen LogP contribution in [0, 0.1) is 0 Å². The van der Waals surface area contributed by atoms with Gasteiger partial charge in [0.1, 0.15) is 18.4 Å². The lowest BCUT2D eigenvalue weighted by Crippen LogP contribution is -2.36. The Bertz CT molecular complexity index is 1210. The van der Waals surface area contributed by atoms with Gasteiger partial charge in [-0.3, -0.25) is 9.36 Å². The van der Waals surface area contributed by atoms with Crippen molar-refractivity contribution in [3.05, 3.63) is 89.4 Å². The quantitative estimate of drug-likeness (QED) is 0.474. The molecule has 0 aliphatic rings. The molecule has 6 heteroatoms. The van der Waals surface area contributed by atoms with E-state index in [2.05, 4.69) is 5.32 Å². The van der Waals surface area contributed by atoms with E-state index >= 15 is 0 Å². The SMILES string of the molecule is CC(C(=O)NCCOc1ccccc1-c1ccccc1)n1c(=O)oc2ccccc21. The maximum Gasteiger partial charge on any atom is 0.420 e. The molecular weight excluding hydrogens is 380 g/mol. The highest BCUT2D eigenvalue weighted by molar-refractivity contribution is 5.82. The lowest BCUT2D eigenvalue weighted by atomic mass is 10.1. The van der Waals surface area contributed by atoms with Crippen LogP contribution in [0.25, 0.3) is 22.2 Å². The molecule has 0 aliphatic carbocycles. The monoisotopic (exact) mass is 402 g/mol. The molecule has 0 aliphatic heterocycles. The molecule has 1 atom stereocenters. The van der Waals surface area contributed by atoms with Crippen molar-refractivity contribution >= 4 is 17.0 Å². The van der Waals surface area contributed by atoms with Crippen LogP contribution in [0.3, 0.4) is 0 Å². The van der Waals surface area contributed by atoms with Crippen molar-refractivity contribution in [3.63, 3.8) is 0 Å². The second-order valence-corrected chi connectivity index (χ2v) is 6.88. The van der Waals surface area contributed by atoms with Crippen LogP contribution in [-0.4, -0.2) is 23.6 Å². The maximum absolute atomic E-state index is 12.6. The first-order chi connectivity index (χ1) is 14.6. The third-order valence-electron chi connectivity index (χ3n) is 4.92. The molecule has 0 saturated heterocycles. The molecule has 152 valence electrons. The third kappa shape index (κ3) is 3.98. The Kier molecular flexibility index (Phi) is 5.66. The molecule has 1 unspecified atom stereocenters. The maximum atomic E-state index is 12.6. The van der Waals surface area contributed by atoms with Gasteiger partial charge in [0.05, 0.1) is 12.1 Å². The summed E-state index contributed by atoms with van der Waals surface area (Å²) in [4.78, 5) is 24.7. The van der Waals surface area contributed by atoms with Gasteiger partial charge in [-0.2, -0.15) is 0 Å². The van der Waals surface area contributed by atoms with Gasteiger partial charge >= 0.3 is 5.76 Å². The average molecular weight is 402 g/mol. The molecule has 0 radical (unpaired) electrons. The van der Waals surface area contributed by atoms with Crippen LogP contribution in [0.2, 0.25) is 0 Å². The fraction of sp³-hybridized carbons (Fsp3) is 0.167. The zero-order chi connectivity index (χ0) is 20.9. The highest BCUT2D eigenvalue weighted by Gasteiger charge is 2.20. The number of hydrogen-bond donors (Lipinski definition) is 1. The van der Waals surface area contributed by atoms with Crippen molar-refractivity contribution in [2.24, 2.45) is 0 Å². The van der Waals surface area contributed by atoms with Crippen LogP contribution < -0.4 is 15.8 Å². The minimum atomic E-state index is -0.697. The fourth-order valence-corrected chi connectivity index (χ4v) is 3.40. The first-order valence-electron chi connectivity index (χ1n) is 9.80. The average Bonchev–Trinajstić information content (AvgIpc) is 3.12. The summed E-state index contributed by atoms with van der Waals surface area (Å²) in [6.07, 6.45) is 0. The topological polar surface area (TPSA) is 73.5 Å². The molecule has 0 spiro atoms. The van der Waals surface area contributed by atoms with E-state index in [1.54, 1.807) is 31.2 Å². The smallest absolute Gasteiger partial charge is 0.420 e. The minimum Gasteiger partial charge on any atom is -0.491 e. The molecule has 4 aromatic rings. The van der Waals surface area contributed by atoms with E-state index in [-0.39, 0.29) is 5.91 Å². The van der Waals surface area contributed by atoms with E-state index in [1.165, 1.54) is 4.57 Å². The second-order valence-electron chi connectivity index (χ2n) is 6.88. The number of rotatable bonds is 7. The minimum absolute atomic E-state index is 0.274. The predicted molar refractivity (Wildman–Crippen MR) is 116 cm³/mol. The molecule has 0 saturated carbocycles. The number of nitrogens with one attached hydrogen (secondary N) is 1. The lowest BCUT2D eigenvalue weighted by molar-refractivity contribution is -0.124. The predicted octanol–water partition coefficient (Wildman–Crippen LogP) is 4.02. The first kappa shape index (κ1) is 19.5. The molecule has 1 aromatic heterocycles. The van der Waals surface area contributed by atoms with Crippen molar-refractivity contribution in [2.75, 3.05) is 13.2 Å². The molecule has 0 bridgehead atoms. The van der Waals surface area contributed by atoms with Crippen LogP contribution in [-0.2, 0) is 4.79 Å². The fourth-order valence-electron chi connectivity index (χ4n) is 3.40. The van der Waals surface area contributed by atoms with Crippen LogP contribution >= 0.6 is 0 Å². The Morgan fingerprint density at radius 2 is 1.70 bits per heavy atom. The molecule has 1 heterocycles. The van der Waals surface area contributed by atoms with Gasteiger partial charge in [-0.25, -0.2) is 4.79 Å². The molecule has 1 N–H and O–H groups in total. The van der Waals surface area contributed by atoms with Crippen molar-refractivity contribution in [1.29, 1.82) is 0 Å². The van der Waals surface area contributed by atoms with Crippen molar-refractivity contribution in [2.45, 2.75) is 13.0 Å². The Morgan fingerprint density at radius 1 is 1.00 bits per heavy atom. The lowest BCUT2D eigenvalue weighted by Gasteiger charge is -2.15. The number of oxazole rings is 1. The van der Waals surface area contributed by atoms with Gasteiger partial charge < -0.3 is 14.5 Å². The number of hydrogen-bond acceptors (Lipinski definition) is 4. The van der Waals surface area contributed by atoms with E-state index < -0.39 is 11.8 Å². The number of carbonyl (C=O) groups is 1. The number of benzene rings is 3. The summed E-state index contributed by atoms with van der Waals surface area (Å²) in [6, 6.07) is 24.1. The van der Waals surface area contributed by atoms with Crippen LogP contribution in [0.15, 0.2) is 88.1 Å². The summed E-state index contributed by atoms with van der Waals surface area (Å²) < 4.78 is 12.5. The van der Waals surface area contributed by atoms with Gasteiger partial charge in [-0.05, 0) is 30.7 Å². The van der Waals surface area contributed by atoms with Gasteiger partial charge in [0, 0.05) is 5.56 Å². The van der Waals surface area contributed by atoms with Crippen LogP contribution in [0.5, 0.6) is 5.75 Å². The van der Waals surface area contributed by atoms with Crippen molar-refractivity contribution in [3.8, 4) is 16.9 Å². The number of para-hydroxylation sites is 3. The van der Waals surface area contributed by atoms with E-state index in [1.807, 2.05) is 54.6 Å². The molecular formula is C24H22N2O4. The normalized spacial score (nSPS) is 11.9. The van der Waals surface area contributed by atoms with E-state index in [9.17, 15) is 9.59 Å².